The first-order chi connectivity index (χ1) is 32.3. The quantitative estimate of drug-likeness (QED) is 0.133. The van der Waals surface area contributed by atoms with Gasteiger partial charge in [-0.1, -0.05) is 72.8 Å². The highest BCUT2D eigenvalue weighted by molar-refractivity contribution is 6.13. The maximum Gasteiger partial charge on any atom is 0.233 e. The van der Waals surface area contributed by atoms with E-state index in [-0.39, 0.29) is 16.6 Å². The van der Waals surface area contributed by atoms with Gasteiger partial charge < -0.3 is 20.0 Å². The third kappa shape index (κ3) is 6.47. The lowest BCUT2D eigenvalue weighted by atomic mass is 9.80. The molecule has 4 heterocycles. The van der Waals surface area contributed by atoms with E-state index < -0.39 is 12.2 Å². The van der Waals surface area contributed by atoms with Gasteiger partial charge in [0.1, 0.15) is 11.4 Å². The summed E-state index contributed by atoms with van der Waals surface area (Å²) in [6, 6.07) is 40.0. The van der Waals surface area contributed by atoms with Crippen LogP contribution in [0.1, 0.15) is 174 Å². The van der Waals surface area contributed by atoms with Crippen LogP contribution in [-0.2, 0) is 10.8 Å². The maximum atomic E-state index is 15.6. The van der Waals surface area contributed by atoms with Crippen LogP contribution in [0.5, 0.6) is 0 Å². The zero-order chi connectivity index (χ0) is 43.9. The number of ketones is 1. The lowest BCUT2D eigenvalue weighted by Crippen LogP contribution is -2.31. The van der Waals surface area contributed by atoms with Gasteiger partial charge in [-0.25, -0.2) is 9.97 Å². The van der Waals surface area contributed by atoms with Gasteiger partial charge in [-0.05, 0) is 181 Å². The monoisotopic (exact) mass is 870 g/mol. The minimum absolute atomic E-state index is 0.0939. The van der Waals surface area contributed by atoms with E-state index in [1.54, 1.807) is 0 Å². The van der Waals surface area contributed by atoms with Crippen molar-refractivity contribution in [2.45, 2.75) is 124 Å². The molecule has 0 unspecified atom stereocenters. The fourth-order valence-corrected chi connectivity index (χ4v) is 13.2. The van der Waals surface area contributed by atoms with Crippen molar-refractivity contribution < 1.29 is 15.0 Å². The van der Waals surface area contributed by atoms with Crippen LogP contribution in [-0.4, -0.2) is 52.1 Å². The van der Waals surface area contributed by atoms with Gasteiger partial charge in [0.05, 0.1) is 23.6 Å². The Kier molecular flexibility index (Phi) is 8.79. The third-order valence-electron chi connectivity index (χ3n) is 17.3. The highest BCUT2D eigenvalue weighted by Crippen LogP contribution is 2.55. The van der Waals surface area contributed by atoms with E-state index in [0.717, 1.165) is 98.6 Å². The molecule has 0 bridgehead atoms. The number of hydrogen-bond acceptors (Lipinski definition) is 7. The van der Waals surface area contributed by atoms with E-state index in [1.165, 1.54) is 70.2 Å². The standard InChI is InChI=1S/C59H58N4O3/c64-53-31-58(47-19-17-39(29-45(47)53)43-7-3-1-5-41(43)35-9-10-35)25-27-62(33-58)51-23-21-49(37-13-14-37)60-55(51)57(66)56-52(24-22-50(61-56)38-15-16-38)63-28-26-59(34-63)32-54(65)46-30-40(18-20-48(46)59)44-8-4-2-6-42(44)36-11-12-36/h1-8,17-24,29-30,35-38,53-54,64-65H,9-16,25-28,31-34H2/t53-,54-,58-,59-/m1/s1. The Morgan fingerprint density at radius 2 is 0.924 bits per heavy atom. The number of rotatable bonds is 10. The molecule has 6 fully saturated rings. The van der Waals surface area contributed by atoms with Crippen LogP contribution in [0.25, 0.3) is 22.3 Å². The predicted molar refractivity (Wildman–Crippen MR) is 260 cm³/mol. The molecule has 7 heteroatoms. The van der Waals surface area contributed by atoms with Crippen LogP contribution in [0.15, 0.2) is 109 Å². The minimum atomic E-state index is -0.524. The summed E-state index contributed by atoms with van der Waals surface area (Å²) in [4.78, 5) is 30.9. The smallest absolute Gasteiger partial charge is 0.233 e. The molecule has 14 rings (SSSR count). The lowest BCUT2D eigenvalue weighted by molar-refractivity contribution is 0.103. The number of aromatic nitrogens is 2. The van der Waals surface area contributed by atoms with Crippen LogP contribution >= 0.6 is 0 Å². The molecule has 8 aliphatic rings. The Labute approximate surface area is 388 Å². The van der Waals surface area contributed by atoms with Crippen LogP contribution in [0, 0.1) is 0 Å². The molecule has 2 aromatic heterocycles. The predicted octanol–water partition coefficient (Wildman–Crippen LogP) is 11.7. The van der Waals surface area contributed by atoms with Crippen LogP contribution in [0.4, 0.5) is 11.4 Å². The Morgan fingerprint density at radius 1 is 0.500 bits per heavy atom. The number of aliphatic hydroxyl groups is 2. The highest BCUT2D eigenvalue weighted by atomic mass is 16.3. The van der Waals surface area contributed by atoms with Gasteiger partial charge in [0, 0.05) is 60.2 Å². The summed E-state index contributed by atoms with van der Waals surface area (Å²) in [5.41, 5.74) is 16.9. The number of benzene rings is 4. The van der Waals surface area contributed by atoms with E-state index in [0.29, 0.717) is 47.9 Å². The van der Waals surface area contributed by atoms with E-state index in [2.05, 4.69) is 119 Å². The van der Waals surface area contributed by atoms with Gasteiger partial charge in [-0.3, -0.25) is 4.79 Å². The zero-order valence-electron chi connectivity index (χ0n) is 37.8. The summed E-state index contributed by atoms with van der Waals surface area (Å²) in [5, 5.41) is 23.5. The number of anilines is 2. The van der Waals surface area contributed by atoms with Crippen molar-refractivity contribution in [3.8, 4) is 22.3 Å². The molecule has 6 aromatic rings. The van der Waals surface area contributed by atoms with Gasteiger partial charge in [-0.2, -0.15) is 0 Å². The average Bonchev–Trinajstić information content (AvgIpc) is 4.15. The molecule has 2 N–H and O–H groups in total. The summed E-state index contributed by atoms with van der Waals surface area (Å²) in [6.45, 7) is 3.03. The molecule has 4 atom stereocenters. The number of aliphatic hydroxyl groups excluding tert-OH is 2. The number of nitrogens with zero attached hydrogens (tertiary/aromatic N) is 4. The zero-order valence-corrected chi connectivity index (χ0v) is 37.8. The minimum Gasteiger partial charge on any atom is -0.388 e. The van der Waals surface area contributed by atoms with Crippen LogP contribution < -0.4 is 9.80 Å². The van der Waals surface area contributed by atoms with E-state index in [4.69, 9.17) is 9.97 Å². The molecule has 7 nitrogen and oxygen atoms in total. The molecule has 2 spiro atoms. The highest BCUT2D eigenvalue weighted by Gasteiger charge is 2.50. The molecular weight excluding hydrogens is 813 g/mol. The van der Waals surface area contributed by atoms with Crippen LogP contribution in [0.3, 0.4) is 0 Å². The van der Waals surface area contributed by atoms with Gasteiger partial charge >= 0.3 is 0 Å². The van der Waals surface area contributed by atoms with Crippen LogP contribution in [0.2, 0.25) is 0 Å². The Hall–Kier alpha value is -5.63. The molecule has 332 valence electrons. The summed E-state index contributed by atoms with van der Waals surface area (Å²) >= 11 is 0. The summed E-state index contributed by atoms with van der Waals surface area (Å²) < 4.78 is 0. The first-order valence-electron chi connectivity index (χ1n) is 25.2. The van der Waals surface area contributed by atoms with E-state index in [9.17, 15) is 10.2 Å². The molecule has 2 aliphatic heterocycles. The largest absolute Gasteiger partial charge is 0.388 e. The van der Waals surface area contributed by atoms with Crippen molar-refractivity contribution in [1.82, 2.24) is 9.97 Å². The van der Waals surface area contributed by atoms with E-state index >= 15 is 4.79 Å². The van der Waals surface area contributed by atoms with Gasteiger partial charge in [0.2, 0.25) is 5.78 Å². The van der Waals surface area contributed by atoms with E-state index in [1.807, 2.05) is 0 Å². The Morgan fingerprint density at radius 3 is 1.35 bits per heavy atom. The summed E-state index contributed by atoms with van der Waals surface area (Å²) in [6.07, 6.45) is 11.6. The van der Waals surface area contributed by atoms with Crippen molar-refractivity contribution in [1.29, 1.82) is 0 Å². The lowest BCUT2D eigenvalue weighted by Gasteiger charge is -2.28. The van der Waals surface area contributed by atoms with Crippen molar-refractivity contribution in [3.05, 3.63) is 165 Å². The molecule has 2 saturated heterocycles. The first-order valence-corrected chi connectivity index (χ1v) is 25.2. The second kappa shape index (κ2) is 14.7. The summed E-state index contributed by atoms with van der Waals surface area (Å²) in [7, 11) is 0. The SMILES string of the molecule is O=C(c1nc(C2CC2)ccc1N1CC[C@@]2(C[C@@H](O)c3cc(-c4ccccc4C4CC4)ccc32)C1)c1nc(C2CC2)ccc1N1CC[C@@]2(C[C@@H](O)c3cc(-c4ccccc4C4CC4)ccc32)C1. The Bertz CT molecular complexity index is 2780. The number of carbonyl (C=O) groups excluding carboxylic acids is 1. The van der Waals surface area contributed by atoms with Crippen molar-refractivity contribution in [3.63, 3.8) is 0 Å². The fraction of sp³-hybridized carbons (Fsp3) is 0.407. The number of fused-ring (bicyclic) bond motifs is 4. The van der Waals surface area contributed by atoms with Gasteiger partial charge in [0.15, 0.2) is 0 Å². The number of pyridine rings is 2. The normalized spacial score (nSPS) is 26.5. The molecule has 4 saturated carbocycles. The molecular formula is C59H58N4O3. The van der Waals surface area contributed by atoms with Crippen molar-refractivity contribution in [2.24, 2.45) is 0 Å². The maximum absolute atomic E-state index is 15.6. The topological polar surface area (TPSA) is 89.8 Å². The number of carbonyl (C=O) groups is 1. The third-order valence-corrected chi connectivity index (χ3v) is 17.3. The van der Waals surface area contributed by atoms with Gasteiger partial charge in [-0.15, -0.1) is 0 Å². The molecule has 0 amide bonds. The summed E-state index contributed by atoms with van der Waals surface area (Å²) in [5.74, 6) is 1.99. The average molecular weight is 871 g/mol. The first kappa shape index (κ1) is 39.5. The molecule has 6 aliphatic carbocycles. The second-order valence-corrected chi connectivity index (χ2v) is 21.8. The Balaban J connectivity index is 0.787. The molecule has 0 radical (unpaired) electrons. The van der Waals surface area contributed by atoms with Gasteiger partial charge in [0.25, 0.3) is 0 Å². The number of hydrogen-bond donors (Lipinski definition) is 2. The fourth-order valence-electron chi connectivity index (χ4n) is 13.2. The van der Waals surface area contributed by atoms with Crippen molar-refractivity contribution in [2.75, 3.05) is 36.0 Å². The molecule has 4 aromatic carbocycles. The van der Waals surface area contributed by atoms with Crippen molar-refractivity contribution >= 4 is 17.2 Å². The second-order valence-electron chi connectivity index (χ2n) is 21.8. The molecule has 66 heavy (non-hydrogen) atoms.